The van der Waals surface area contributed by atoms with Crippen LogP contribution in [0.4, 0.5) is 0 Å². The van der Waals surface area contributed by atoms with Gasteiger partial charge in [0.15, 0.2) is 5.96 Å². The van der Waals surface area contributed by atoms with Crippen LogP contribution in [0, 0.1) is 0 Å². The van der Waals surface area contributed by atoms with Gasteiger partial charge in [0.1, 0.15) is 0 Å². The lowest BCUT2D eigenvalue weighted by Gasteiger charge is -2.32. The SMILES string of the molecule is CCNC(=NCCN1CCc2ccccc2C1)N1CCC(N2CCOCC2)C1. The smallest absolute Gasteiger partial charge is 0.194 e. The second kappa shape index (κ2) is 9.72. The molecule has 2 fully saturated rings. The lowest BCUT2D eigenvalue weighted by molar-refractivity contribution is 0.0195. The number of rotatable bonds is 5. The maximum atomic E-state index is 5.51. The van der Waals surface area contributed by atoms with Gasteiger partial charge < -0.3 is 15.0 Å². The van der Waals surface area contributed by atoms with E-state index in [4.69, 9.17) is 9.73 Å². The second-order valence-corrected chi connectivity index (χ2v) is 8.07. The van der Waals surface area contributed by atoms with Crippen molar-refractivity contribution in [2.24, 2.45) is 4.99 Å². The largest absolute Gasteiger partial charge is 0.379 e. The molecular weight excluding hydrogens is 350 g/mol. The molecule has 0 aliphatic carbocycles. The average molecular weight is 386 g/mol. The number of nitrogens with zero attached hydrogens (tertiary/aromatic N) is 4. The molecular formula is C22H35N5O. The van der Waals surface area contributed by atoms with Gasteiger partial charge in [0, 0.05) is 58.4 Å². The van der Waals surface area contributed by atoms with E-state index in [2.05, 4.69) is 51.2 Å². The summed E-state index contributed by atoms with van der Waals surface area (Å²) >= 11 is 0. The van der Waals surface area contributed by atoms with E-state index in [1.54, 1.807) is 0 Å². The van der Waals surface area contributed by atoms with E-state index in [0.29, 0.717) is 6.04 Å². The molecule has 6 heteroatoms. The summed E-state index contributed by atoms with van der Waals surface area (Å²) in [6.45, 7) is 13.3. The van der Waals surface area contributed by atoms with Gasteiger partial charge in [0.05, 0.1) is 19.8 Å². The molecule has 0 bridgehead atoms. The number of likely N-dealkylation sites (tertiary alicyclic amines) is 1. The van der Waals surface area contributed by atoms with Crippen LogP contribution < -0.4 is 5.32 Å². The van der Waals surface area contributed by atoms with Crippen molar-refractivity contribution in [3.63, 3.8) is 0 Å². The number of ether oxygens (including phenoxy) is 1. The first-order valence-electron chi connectivity index (χ1n) is 11.0. The van der Waals surface area contributed by atoms with E-state index in [1.807, 2.05) is 0 Å². The van der Waals surface area contributed by atoms with E-state index in [0.717, 1.165) is 84.5 Å². The summed E-state index contributed by atoms with van der Waals surface area (Å²) in [4.78, 5) is 12.6. The zero-order valence-electron chi connectivity index (χ0n) is 17.3. The van der Waals surface area contributed by atoms with Crippen molar-refractivity contribution < 1.29 is 4.74 Å². The maximum absolute atomic E-state index is 5.51. The fourth-order valence-corrected chi connectivity index (χ4v) is 4.64. The summed E-state index contributed by atoms with van der Waals surface area (Å²) in [6, 6.07) is 9.49. The molecule has 1 aromatic rings. The van der Waals surface area contributed by atoms with Crippen LogP contribution in [0.2, 0.25) is 0 Å². The van der Waals surface area contributed by atoms with Crippen molar-refractivity contribution in [2.45, 2.75) is 32.4 Å². The van der Waals surface area contributed by atoms with Gasteiger partial charge in [-0.25, -0.2) is 0 Å². The quantitative estimate of drug-likeness (QED) is 0.613. The van der Waals surface area contributed by atoms with Crippen LogP contribution in [0.5, 0.6) is 0 Å². The Morgan fingerprint density at radius 2 is 1.96 bits per heavy atom. The fourth-order valence-electron chi connectivity index (χ4n) is 4.64. The molecule has 154 valence electrons. The number of guanidine groups is 1. The standard InChI is InChI=1S/C22H35N5O/c1-2-23-22(27-11-8-21(18-27)26-13-15-28-16-14-26)24-9-12-25-10-7-19-5-3-4-6-20(19)17-25/h3-6,21H,2,7-18H2,1H3,(H,23,24). The van der Waals surface area contributed by atoms with Crippen LogP contribution in [0.25, 0.3) is 0 Å². The van der Waals surface area contributed by atoms with Crippen LogP contribution in [0.1, 0.15) is 24.5 Å². The Morgan fingerprint density at radius 3 is 2.79 bits per heavy atom. The van der Waals surface area contributed by atoms with Crippen LogP contribution >= 0.6 is 0 Å². The van der Waals surface area contributed by atoms with Crippen molar-refractivity contribution in [2.75, 3.05) is 65.6 Å². The first-order chi connectivity index (χ1) is 13.8. The number of fused-ring (bicyclic) bond motifs is 1. The third kappa shape index (κ3) is 4.85. The van der Waals surface area contributed by atoms with Crippen LogP contribution in [-0.2, 0) is 17.7 Å². The summed E-state index contributed by atoms with van der Waals surface area (Å²) in [6.07, 6.45) is 2.39. The first kappa shape index (κ1) is 19.7. The highest BCUT2D eigenvalue weighted by Crippen LogP contribution is 2.19. The molecule has 0 amide bonds. The Bertz CT molecular complexity index is 658. The minimum Gasteiger partial charge on any atom is -0.379 e. The lowest BCUT2D eigenvalue weighted by atomic mass is 10.00. The monoisotopic (exact) mass is 385 g/mol. The van der Waals surface area contributed by atoms with Gasteiger partial charge >= 0.3 is 0 Å². The van der Waals surface area contributed by atoms with Gasteiger partial charge in [0.2, 0.25) is 0 Å². The van der Waals surface area contributed by atoms with Crippen molar-refractivity contribution in [1.82, 2.24) is 20.0 Å². The predicted molar refractivity (Wildman–Crippen MR) is 114 cm³/mol. The van der Waals surface area contributed by atoms with E-state index < -0.39 is 0 Å². The molecule has 3 aliphatic heterocycles. The summed E-state index contributed by atoms with van der Waals surface area (Å²) in [5.74, 6) is 1.09. The average Bonchev–Trinajstić information content (AvgIpc) is 3.24. The molecule has 1 unspecified atom stereocenters. The van der Waals surface area contributed by atoms with Crippen LogP contribution in [-0.4, -0.2) is 92.3 Å². The Hall–Kier alpha value is -1.63. The summed E-state index contributed by atoms with van der Waals surface area (Å²) in [5.41, 5.74) is 3.00. The first-order valence-corrected chi connectivity index (χ1v) is 11.0. The normalized spacial score (nSPS) is 24.4. The van der Waals surface area contributed by atoms with Gasteiger partial charge in [-0.3, -0.25) is 14.8 Å². The summed E-state index contributed by atoms with van der Waals surface area (Å²) < 4.78 is 5.51. The molecule has 2 saturated heterocycles. The van der Waals surface area contributed by atoms with Crippen molar-refractivity contribution in [3.8, 4) is 0 Å². The molecule has 3 aliphatic rings. The minimum atomic E-state index is 0.645. The number of hydrogen-bond acceptors (Lipinski definition) is 4. The van der Waals surface area contributed by atoms with Crippen LogP contribution in [0.15, 0.2) is 29.3 Å². The number of aliphatic imine (C=N–C) groups is 1. The molecule has 1 aromatic carbocycles. The van der Waals surface area contributed by atoms with Crippen molar-refractivity contribution in [1.29, 1.82) is 0 Å². The fraction of sp³-hybridized carbons (Fsp3) is 0.682. The lowest BCUT2D eigenvalue weighted by Crippen LogP contribution is -2.46. The number of benzene rings is 1. The minimum absolute atomic E-state index is 0.645. The van der Waals surface area contributed by atoms with Crippen molar-refractivity contribution >= 4 is 5.96 Å². The topological polar surface area (TPSA) is 43.3 Å². The molecule has 0 aromatic heterocycles. The van der Waals surface area contributed by atoms with E-state index in [1.165, 1.54) is 17.5 Å². The van der Waals surface area contributed by atoms with E-state index in [-0.39, 0.29) is 0 Å². The molecule has 1 atom stereocenters. The molecule has 6 nitrogen and oxygen atoms in total. The zero-order chi connectivity index (χ0) is 19.2. The molecule has 0 spiro atoms. The van der Waals surface area contributed by atoms with Gasteiger partial charge in [-0.2, -0.15) is 0 Å². The third-order valence-electron chi connectivity index (χ3n) is 6.25. The van der Waals surface area contributed by atoms with Gasteiger partial charge in [-0.1, -0.05) is 24.3 Å². The number of morpholine rings is 1. The highest BCUT2D eigenvalue weighted by molar-refractivity contribution is 5.80. The third-order valence-corrected chi connectivity index (χ3v) is 6.25. The predicted octanol–water partition coefficient (Wildman–Crippen LogP) is 1.42. The molecule has 4 rings (SSSR count). The second-order valence-electron chi connectivity index (χ2n) is 8.07. The molecule has 28 heavy (non-hydrogen) atoms. The molecule has 0 saturated carbocycles. The maximum Gasteiger partial charge on any atom is 0.194 e. The summed E-state index contributed by atoms with van der Waals surface area (Å²) in [7, 11) is 0. The van der Waals surface area contributed by atoms with Gasteiger partial charge in [-0.05, 0) is 30.9 Å². The highest BCUT2D eigenvalue weighted by Gasteiger charge is 2.30. The Morgan fingerprint density at radius 1 is 1.14 bits per heavy atom. The number of nitrogens with one attached hydrogen (secondary N) is 1. The zero-order valence-corrected chi connectivity index (χ0v) is 17.3. The van der Waals surface area contributed by atoms with E-state index >= 15 is 0 Å². The molecule has 0 radical (unpaired) electrons. The Kier molecular flexibility index (Phi) is 6.83. The number of hydrogen-bond donors (Lipinski definition) is 1. The molecule has 1 N–H and O–H groups in total. The van der Waals surface area contributed by atoms with E-state index in [9.17, 15) is 0 Å². The summed E-state index contributed by atoms with van der Waals surface area (Å²) in [5, 5.41) is 3.52. The van der Waals surface area contributed by atoms with Crippen molar-refractivity contribution in [3.05, 3.63) is 35.4 Å². The van der Waals surface area contributed by atoms with Gasteiger partial charge in [-0.15, -0.1) is 0 Å². The molecule has 3 heterocycles. The van der Waals surface area contributed by atoms with Crippen LogP contribution in [0.3, 0.4) is 0 Å². The Balaban J connectivity index is 1.29. The Labute approximate surface area is 169 Å². The van der Waals surface area contributed by atoms with Gasteiger partial charge in [0.25, 0.3) is 0 Å². The highest BCUT2D eigenvalue weighted by atomic mass is 16.5.